The number of nitriles is 1. The molecule has 0 aliphatic rings. The summed E-state index contributed by atoms with van der Waals surface area (Å²) in [6.07, 6.45) is 0. The summed E-state index contributed by atoms with van der Waals surface area (Å²) in [5.41, 5.74) is 6.34. The Bertz CT molecular complexity index is 524. The topological polar surface area (TPSA) is 50.1 Å². The highest BCUT2D eigenvalue weighted by Gasteiger charge is 2.27. The van der Waals surface area contributed by atoms with E-state index in [1.165, 1.54) is 5.56 Å². The van der Waals surface area contributed by atoms with Gasteiger partial charge in [-0.15, -0.1) is 0 Å². The highest BCUT2D eigenvalue weighted by atomic mass is 16.5. The molecule has 0 saturated carbocycles. The van der Waals surface area contributed by atoms with E-state index in [2.05, 4.69) is 13.0 Å². The summed E-state index contributed by atoms with van der Waals surface area (Å²) >= 11 is 0. The predicted molar refractivity (Wildman–Crippen MR) is 75.1 cm³/mol. The number of ether oxygens (including phenoxy) is 1. The molecule has 3 heteroatoms. The molecule has 0 heterocycles. The van der Waals surface area contributed by atoms with E-state index >= 15 is 0 Å². The molecule has 0 fully saturated rings. The van der Waals surface area contributed by atoms with Crippen LogP contribution < -0.4 is 0 Å². The van der Waals surface area contributed by atoms with Crippen LogP contribution in [0.2, 0.25) is 0 Å². The van der Waals surface area contributed by atoms with Crippen molar-refractivity contribution in [1.82, 2.24) is 0 Å². The first-order valence-corrected chi connectivity index (χ1v) is 6.49. The van der Waals surface area contributed by atoms with Crippen molar-refractivity contribution in [2.45, 2.75) is 47.5 Å². The molecule has 0 bridgehead atoms. The molecule has 1 rings (SSSR count). The van der Waals surface area contributed by atoms with Crippen LogP contribution in [0, 0.1) is 45.9 Å². The predicted octanol–water partition coefficient (Wildman–Crippen LogP) is 3.40. The van der Waals surface area contributed by atoms with E-state index in [1.54, 1.807) is 6.92 Å². The third-order valence-electron chi connectivity index (χ3n) is 4.00. The Morgan fingerprint density at radius 2 is 1.47 bits per heavy atom. The molecule has 1 atom stereocenters. The Morgan fingerprint density at radius 1 is 1.05 bits per heavy atom. The second-order valence-electron chi connectivity index (χ2n) is 4.85. The van der Waals surface area contributed by atoms with Gasteiger partial charge in [-0.05, 0) is 74.9 Å². The Balaban J connectivity index is 3.50. The first-order chi connectivity index (χ1) is 8.86. The van der Waals surface area contributed by atoms with E-state index in [1.807, 2.05) is 27.7 Å². The number of nitrogens with zero attached hydrogens (tertiary/aromatic N) is 1. The summed E-state index contributed by atoms with van der Waals surface area (Å²) in [4.78, 5) is 11.9. The fourth-order valence-corrected chi connectivity index (χ4v) is 2.42. The maximum Gasteiger partial charge on any atom is 0.327 e. The standard InChI is InChI=1S/C16H21NO2/c1-7-19-16(18)14(8-17)15-12(5)10(3)9(2)11(4)13(15)6/h14H,7H2,1-6H3. The largest absolute Gasteiger partial charge is 0.465 e. The first kappa shape index (κ1) is 15.2. The van der Waals surface area contributed by atoms with Gasteiger partial charge < -0.3 is 4.74 Å². The minimum absolute atomic E-state index is 0.291. The molecule has 0 saturated heterocycles. The zero-order valence-corrected chi connectivity index (χ0v) is 12.5. The van der Waals surface area contributed by atoms with Crippen molar-refractivity contribution in [3.05, 3.63) is 33.4 Å². The lowest BCUT2D eigenvalue weighted by molar-refractivity contribution is -0.143. The van der Waals surface area contributed by atoms with Crippen LogP contribution in [0.15, 0.2) is 0 Å². The molecule has 0 N–H and O–H groups in total. The summed E-state index contributed by atoms with van der Waals surface area (Å²) in [6.45, 7) is 12.1. The molecule has 0 aromatic heterocycles. The lowest BCUT2D eigenvalue weighted by Gasteiger charge is -2.21. The van der Waals surface area contributed by atoms with Crippen molar-refractivity contribution < 1.29 is 9.53 Å². The molecule has 19 heavy (non-hydrogen) atoms. The van der Waals surface area contributed by atoms with Crippen LogP contribution in [0.5, 0.6) is 0 Å². The van der Waals surface area contributed by atoms with Crippen molar-refractivity contribution in [1.29, 1.82) is 5.26 Å². The zero-order chi connectivity index (χ0) is 14.7. The van der Waals surface area contributed by atoms with Gasteiger partial charge >= 0.3 is 5.97 Å². The van der Waals surface area contributed by atoms with Gasteiger partial charge in [0.25, 0.3) is 0 Å². The smallest absolute Gasteiger partial charge is 0.327 e. The number of rotatable bonds is 3. The highest BCUT2D eigenvalue weighted by Crippen LogP contribution is 2.31. The third-order valence-corrected chi connectivity index (χ3v) is 4.00. The molecule has 1 aromatic carbocycles. The SMILES string of the molecule is CCOC(=O)C(C#N)c1c(C)c(C)c(C)c(C)c1C. The van der Waals surface area contributed by atoms with Gasteiger partial charge in [-0.1, -0.05) is 0 Å². The molecule has 0 aliphatic carbocycles. The fraction of sp³-hybridized carbons (Fsp3) is 0.500. The number of hydrogen-bond acceptors (Lipinski definition) is 3. The van der Waals surface area contributed by atoms with Crippen LogP contribution in [-0.4, -0.2) is 12.6 Å². The molecular weight excluding hydrogens is 238 g/mol. The van der Waals surface area contributed by atoms with E-state index in [-0.39, 0.29) is 0 Å². The number of esters is 1. The molecular formula is C16H21NO2. The van der Waals surface area contributed by atoms with Crippen LogP contribution in [0.25, 0.3) is 0 Å². The molecule has 0 radical (unpaired) electrons. The minimum atomic E-state index is -0.835. The summed E-state index contributed by atoms with van der Waals surface area (Å²) < 4.78 is 5.01. The average Bonchev–Trinajstić information content (AvgIpc) is 2.39. The van der Waals surface area contributed by atoms with Gasteiger partial charge in [-0.3, -0.25) is 4.79 Å². The van der Waals surface area contributed by atoms with Crippen LogP contribution in [0.1, 0.15) is 46.2 Å². The van der Waals surface area contributed by atoms with E-state index in [0.29, 0.717) is 6.61 Å². The Labute approximate surface area is 115 Å². The Kier molecular flexibility index (Phi) is 4.72. The minimum Gasteiger partial charge on any atom is -0.465 e. The molecule has 1 unspecified atom stereocenters. The maximum absolute atomic E-state index is 11.9. The van der Waals surface area contributed by atoms with Crippen LogP contribution in [0.4, 0.5) is 0 Å². The van der Waals surface area contributed by atoms with Gasteiger partial charge in [0.15, 0.2) is 5.92 Å². The van der Waals surface area contributed by atoms with Gasteiger partial charge in [0.05, 0.1) is 12.7 Å². The maximum atomic E-state index is 11.9. The highest BCUT2D eigenvalue weighted by molar-refractivity contribution is 5.83. The first-order valence-electron chi connectivity index (χ1n) is 6.49. The van der Waals surface area contributed by atoms with Crippen molar-refractivity contribution in [3.8, 4) is 6.07 Å². The summed E-state index contributed by atoms with van der Waals surface area (Å²) in [5, 5.41) is 9.33. The second kappa shape index (κ2) is 5.88. The summed E-state index contributed by atoms with van der Waals surface area (Å²) in [6, 6.07) is 2.08. The van der Waals surface area contributed by atoms with Gasteiger partial charge in [-0.2, -0.15) is 5.26 Å². The molecule has 0 spiro atoms. The lowest BCUT2D eigenvalue weighted by atomic mass is 9.84. The zero-order valence-electron chi connectivity index (χ0n) is 12.5. The quantitative estimate of drug-likeness (QED) is 0.782. The van der Waals surface area contributed by atoms with Crippen LogP contribution >= 0.6 is 0 Å². The van der Waals surface area contributed by atoms with Crippen molar-refractivity contribution in [3.63, 3.8) is 0 Å². The summed E-state index contributed by atoms with van der Waals surface area (Å²) in [7, 11) is 0. The Hall–Kier alpha value is -1.82. The van der Waals surface area contributed by atoms with E-state index in [9.17, 15) is 10.1 Å². The van der Waals surface area contributed by atoms with E-state index in [0.717, 1.165) is 27.8 Å². The normalized spacial score (nSPS) is 11.8. The number of carbonyl (C=O) groups is 1. The van der Waals surface area contributed by atoms with Gasteiger partial charge in [-0.25, -0.2) is 0 Å². The van der Waals surface area contributed by atoms with Crippen molar-refractivity contribution in [2.24, 2.45) is 0 Å². The Morgan fingerprint density at radius 3 is 1.84 bits per heavy atom. The van der Waals surface area contributed by atoms with E-state index in [4.69, 9.17) is 4.74 Å². The fourth-order valence-electron chi connectivity index (χ4n) is 2.42. The average molecular weight is 259 g/mol. The molecule has 3 nitrogen and oxygen atoms in total. The monoisotopic (exact) mass is 259 g/mol. The van der Waals surface area contributed by atoms with Gasteiger partial charge in [0.2, 0.25) is 0 Å². The molecule has 0 aliphatic heterocycles. The lowest BCUT2D eigenvalue weighted by Crippen LogP contribution is -2.18. The second-order valence-corrected chi connectivity index (χ2v) is 4.85. The summed E-state index contributed by atoms with van der Waals surface area (Å²) in [5.74, 6) is -1.29. The molecule has 102 valence electrons. The third kappa shape index (κ3) is 2.63. The van der Waals surface area contributed by atoms with Crippen molar-refractivity contribution in [2.75, 3.05) is 6.61 Å². The van der Waals surface area contributed by atoms with Crippen LogP contribution in [0.3, 0.4) is 0 Å². The number of carbonyl (C=O) groups excluding carboxylic acids is 1. The number of benzene rings is 1. The van der Waals surface area contributed by atoms with Crippen LogP contribution in [-0.2, 0) is 9.53 Å². The van der Waals surface area contributed by atoms with Gasteiger partial charge in [0.1, 0.15) is 0 Å². The number of hydrogen-bond donors (Lipinski definition) is 0. The van der Waals surface area contributed by atoms with Crippen molar-refractivity contribution >= 4 is 5.97 Å². The molecule has 0 amide bonds. The van der Waals surface area contributed by atoms with Gasteiger partial charge in [0, 0.05) is 0 Å². The van der Waals surface area contributed by atoms with E-state index < -0.39 is 11.9 Å². The molecule has 1 aromatic rings.